The fourth-order valence-electron chi connectivity index (χ4n) is 1.27. The number of anilines is 1. The first-order valence-electron chi connectivity index (χ1n) is 4.93. The Kier molecular flexibility index (Phi) is 3.58. The Morgan fingerprint density at radius 3 is 2.65 bits per heavy atom. The number of rotatable bonds is 3. The minimum atomic E-state index is -0.568. The van der Waals surface area contributed by atoms with Gasteiger partial charge < -0.3 is 5.73 Å². The molecule has 0 amide bonds. The highest BCUT2D eigenvalue weighted by atomic mass is 32.2. The first kappa shape index (κ1) is 11.9. The zero-order valence-electron chi connectivity index (χ0n) is 8.86. The third kappa shape index (κ3) is 3.17. The van der Waals surface area contributed by atoms with Crippen molar-refractivity contribution in [2.24, 2.45) is 0 Å². The molecule has 0 aliphatic carbocycles. The van der Waals surface area contributed by atoms with Crippen molar-refractivity contribution in [2.45, 2.75) is 10.8 Å². The maximum absolute atomic E-state index is 13.3. The number of halogens is 2. The summed E-state index contributed by atoms with van der Waals surface area (Å²) >= 11 is 1.37. The van der Waals surface area contributed by atoms with E-state index < -0.39 is 11.6 Å². The van der Waals surface area contributed by atoms with E-state index in [0.29, 0.717) is 17.0 Å². The molecule has 2 aromatic rings. The highest BCUT2D eigenvalue weighted by Crippen LogP contribution is 2.23. The molecule has 17 heavy (non-hydrogen) atoms. The predicted octanol–water partition coefficient (Wildman–Crippen LogP) is 3.23. The third-order valence-corrected chi connectivity index (χ3v) is 3.14. The first-order valence-corrected chi connectivity index (χ1v) is 5.92. The van der Waals surface area contributed by atoms with Crippen LogP contribution in [-0.4, -0.2) is 4.98 Å². The lowest BCUT2D eigenvalue weighted by Gasteiger charge is -2.03. The van der Waals surface area contributed by atoms with Crippen molar-refractivity contribution < 1.29 is 8.78 Å². The Morgan fingerprint density at radius 2 is 2.00 bits per heavy atom. The monoisotopic (exact) mass is 252 g/mol. The van der Waals surface area contributed by atoms with Crippen molar-refractivity contribution in [3.8, 4) is 0 Å². The van der Waals surface area contributed by atoms with Gasteiger partial charge in [0.2, 0.25) is 0 Å². The van der Waals surface area contributed by atoms with E-state index >= 15 is 0 Å². The molecule has 0 spiro atoms. The molecule has 0 radical (unpaired) electrons. The highest BCUT2D eigenvalue weighted by Gasteiger charge is 2.04. The molecule has 5 heteroatoms. The lowest BCUT2D eigenvalue weighted by molar-refractivity contribution is 0.576. The number of hydrogen-bond donors (Lipinski definition) is 1. The Hall–Kier alpha value is -1.62. The van der Waals surface area contributed by atoms with E-state index in [1.165, 1.54) is 23.9 Å². The van der Waals surface area contributed by atoms with Crippen molar-refractivity contribution in [2.75, 3.05) is 5.73 Å². The van der Waals surface area contributed by atoms with E-state index in [9.17, 15) is 8.78 Å². The van der Waals surface area contributed by atoms with Crippen LogP contribution in [0.5, 0.6) is 0 Å². The largest absolute Gasteiger partial charge is 0.397 e. The van der Waals surface area contributed by atoms with Crippen LogP contribution in [0.25, 0.3) is 0 Å². The SMILES string of the molecule is Nc1ccc(SCc2ccc(F)cc2F)nc1. The summed E-state index contributed by atoms with van der Waals surface area (Å²) < 4.78 is 26.0. The second-order valence-corrected chi connectivity index (χ2v) is 4.45. The Labute approximate surface area is 102 Å². The van der Waals surface area contributed by atoms with Gasteiger partial charge in [0.05, 0.1) is 16.9 Å². The van der Waals surface area contributed by atoms with Gasteiger partial charge in [-0.2, -0.15) is 0 Å². The number of hydrogen-bond acceptors (Lipinski definition) is 3. The molecule has 1 aromatic heterocycles. The molecule has 2 rings (SSSR count). The van der Waals surface area contributed by atoms with Crippen LogP contribution in [0.4, 0.5) is 14.5 Å². The summed E-state index contributed by atoms with van der Waals surface area (Å²) in [5, 5.41) is 0.753. The van der Waals surface area contributed by atoms with E-state index in [1.54, 1.807) is 18.3 Å². The van der Waals surface area contributed by atoms with E-state index in [2.05, 4.69) is 4.98 Å². The van der Waals surface area contributed by atoms with Crippen LogP contribution >= 0.6 is 11.8 Å². The zero-order chi connectivity index (χ0) is 12.3. The maximum Gasteiger partial charge on any atom is 0.130 e. The van der Waals surface area contributed by atoms with Crippen LogP contribution in [0.3, 0.4) is 0 Å². The number of nitrogens with zero attached hydrogens (tertiary/aromatic N) is 1. The summed E-state index contributed by atoms with van der Waals surface area (Å²) in [4.78, 5) is 4.08. The molecular formula is C12H10F2N2S. The minimum absolute atomic E-state index is 0.406. The molecule has 0 fully saturated rings. The van der Waals surface area contributed by atoms with Crippen LogP contribution in [0, 0.1) is 11.6 Å². The summed E-state index contributed by atoms with van der Waals surface area (Å²) in [6.45, 7) is 0. The number of pyridine rings is 1. The molecule has 2 N–H and O–H groups in total. The molecule has 2 nitrogen and oxygen atoms in total. The summed E-state index contributed by atoms with van der Waals surface area (Å²) in [7, 11) is 0. The van der Waals surface area contributed by atoms with Gasteiger partial charge in [-0.15, -0.1) is 11.8 Å². The molecule has 0 unspecified atom stereocenters. The highest BCUT2D eigenvalue weighted by molar-refractivity contribution is 7.98. The molecule has 0 saturated carbocycles. The lowest BCUT2D eigenvalue weighted by Crippen LogP contribution is -1.90. The second-order valence-electron chi connectivity index (χ2n) is 3.45. The molecule has 0 saturated heterocycles. The zero-order valence-corrected chi connectivity index (χ0v) is 9.68. The van der Waals surface area contributed by atoms with Gasteiger partial charge in [0.1, 0.15) is 11.6 Å². The molecule has 0 aliphatic heterocycles. The number of aromatic nitrogens is 1. The first-order chi connectivity index (χ1) is 8.15. The summed E-state index contributed by atoms with van der Waals surface area (Å²) in [5.74, 6) is -0.696. The van der Waals surface area contributed by atoms with Gasteiger partial charge in [-0.05, 0) is 23.8 Å². The summed E-state index contributed by atoms with van der Waals surface area (Å²) in [5.41, 5.74) is 6.54. The van der Waals surface area contributed by atoms with Crippen LogP contribution < -0.4 is 5.73 Å². The van der Waals surface area contributed by atoms with Crippen LogP contribution in [0.15, 0.2) is 41.6 Å². The Bertz CT molecular complexity index is 514. The molecule has 88 valence electrons. The number of thioether (sulfide) groups is 1. The van der Waals surface area contributed by atoms with Gasteiger partial charge in [0.25, 0.3) is 0 Å². The minimum Gasteiger partial charge on any atom is -0.397 e. The van der Waals surface area contributed by atoms with E-state index in [0.717, 1.165) is 11.1 Å². The van der Waals surface area contributed by atoms with Crippen molar-refractivity contribution in [3.63, 3.8) is 0 Å². The quantitative estimate of drug-likeness (QED) is 0.852. The molecule has 0 atom stereocenters. The van der Waals surface area contributed by atoms with Crippen LogP contribution in [-0.2, 0) is 5.75 Å². The van der Waals surface area contributed by atoms with Gasteiger partial charge in [-0.1, -0.05) is 6.07 Å². The van der Waals surface area contributed by atoms with Gasteiger partial charge >= 0.3 is 0 Å². The summed E-state index contributed by atoms with van der Waals surface area (Å²) in [6, 6.07) is 7.06. The smallest absolute Gasteiger partial charge is 0.130 e. The number of benzene rings is 1. The lowest BCUT2D eigenvalue weighted by atomic mass is 10.2. The van der Waals surface area contributed by atoms with Gasteiger partial charge in [-0.25, -0.2) is 13.8 Å². The van der Waals surface area contributed by atoms with E-state index in [1.807, 2.05) is 0 Å². The maximum atomic E-state index is 13.3. The van der Waals surface area contributed by atoms with Crippen LogP contribution in [0.2, 0.25) is 0 Å². The number of nitrogens with two attached hydrogens (primary N) is 1. The Balaban J connectivity index is 2.04. The number of nitrogen functional groups attached to an aromatic ring is 1. The predicted molar refractivity (Wildman–Crippen MR) is 64.6 cm³/mol. The Morgan fingerprint density at radius 1 is 1.18 bits per heavy atom. The average molecular weight is 252 g/mol. The van der Waals surface area contributed by atoms with E-state index in [4.69, 9.17) is 5.73 Å². The third-order valence-electron chi connectivity index (χ3n) is 2.15. The van der Waals surface area contributed by atoms with Gasteiger partial charge in [0, 0.05) is 11.8 Å². The van der Waals surface area contributed by atoms with Crippen LogP contribution in [0.1, 0.15) is 5.56 Å². The molecular weight excluding hydrogens is 242 g/mol. The molecule has 1 aromatic carbocycles. The summed E-state index contributed by atoms with van der Waals surface area (Å²) in [6.07, 6.45) is 1.54. The fraction of sp³-hybridized carbons (Fsp3) is 0.0833. The second kappa shape index (κ2) is 5.14. The van der Waals surface area contributed by atoms with Crippen molar-refractivity contribution in [1.29, 1.82) is 0 Å². The topological polar surface area (TPSA) is 38.9 Å². The average Bonchev–Trinajstić information content (AvgIpc) is 2.30. The fourth-order valence-corrected chi connectivity index (χ4v) is 2.10. The standard InChI is InChI=1S/C12H10F2N2S/c13-9-2-1-8(11(14)5-9)7-17-12-4-3-10(15)6-16-12/h1-6H,7,15H2. The molecule has 0 aliphatic rings. The van der Waals surface area contributed by atoms with Crippen molar-refractivity contribution in [1.82, 2.24) is 4.98 Å². The van der Waals surface area contributed by atoms with Crippen molar-refractivity contribution >= 4 is 17.4 Å². The van der Waals surface area contributed by atoms with Gasteiger partial charge in [0.15, 0.2) is 0 Å². The van der Waals surface area contributed by atoms with Gasteiger partial charge in [-0.3, -0.25) is 0 Å². The molecule has 1 heterocycles. The normalized spacial score (nSPS) is 10.5. The van der Waals surface area contributed by atoms with E-state index in [-0.39, 0.29) is 0 Å². The molecule has 0 bridgehead atoms. The van der Waals surface area contributed by atoms with Crippen molar-refractivity contribution in [3.05, 3.63) is 53.7 Å².